The van der Waals surface area contributed by atoms with E-state index in [2.05, 4.69) is 5.32 Å². The van der Waals surface area contributed by atoms with Gasteiger partial charge in [-0.15, -0.1) is 0 Å². The number of carbonyl (C=O) groups is 2. The number of hydrogen-bond acceptors (Lipinski definition) is 5. The highest BCUT2D eigenvalue weighted by Crippen LogP contribution is 2.25. The zero-order valence-electron chi connectivity index (χ0n) is 14.9. The van der Waals surface area contributed by atoms with E-state index >= 15 is 0 Å². The summed E-state index contributed by atoms with van der Waals surface area (Å²) in [5.41, 5.74) is 1.76. The van der Waals surface area contributed by atoms with E-state index in [9.17, 15) is 9.59 Å². The van der Waals surface area contributed by atoms with Crippen LogP contribution < -0.4 is 14.8 Å². The fraction of sp³-hybridized carbons (Fsp3) is 0.200. The van der Waals surface area contributed by atoms with Crippen molar-refractivity contribution in [3.05, 3.63) is 59.7 Å². The van der Waals surface area contributed by atoms with Crippen molar-refractivity contribution in [1.29, 1.82) is 0 Å². The molecule has 0 aliphatic carbocycles. The molecule has 0 saturated carbocycles. The Morgan fingerprint density at radius 2 is 1.77 bits per heavy atom. The number of methoxy groups -OCH3 is 2. The Bertz CT molecular complexity index is 796. The summed E-state index contributed by atoms with van der Waals surface area (Å²) in [6.07, 6.45) is 3.06. The summed E-state index contributed by atoms with van der Waals surface area (Å²) in [5, 5.41) is 2.73. The molecule has 6 nitrogen and oxygen atoms in total. The molecule has 6 heteroatoms. The van der Waals surface area contributed by atoms with Crippen LogP contribution in [0.2, 0.25) is 0 Å². The van der Waals surface area contributed by atoms with Crippen molar-refractivity contribution in [1.82, 2.24) is 0 Å². The minimum Gasteiger partial charge on any atom is -0.497 e. The van der Waals surface area contributed by atoms with Crippen LogP contribution in [0, 0.1) is 0 Å². The first-order chi connectivity index (χ1) is 12.6. The van der Waals surface area contributed by atoms with E-state index in [0.29, 0.717) is 29.4 Å². The number of esters is 1. The predicted octanol–water partition coefficient (Wildman–Crippen LogP) is 3.53. The first-order valence-corrected chi connectivity index (χ1v) is 8.05. The van der Waals surface area contributed by atoms with Gasteiger partial charge in [-0.2, -0.15) is 0 Å². The Hall–Kier alpha value is -3.28. The monoisotopic (exact) mass is 355 g/mol. The number of hydrogen-bond donors (Lipinski definition) is 1. The Morgan fingerprint density at radius 1 is 1.04 bits per heavy atom. The van der Waals surface area contributed by atoms with Gasteiger partial charge in [0, 0.05) is 23.4 Å². The maximum atomic E-state index is 12.1. The largest absolute Gasteiger partial charge is 0.497 e. The molecule has 0 aliphatic rings. The van der Waals surface area contributed by atoms with Gasteiger partial charge >= 0.3 is 5.97 Å². The van der Waals surface area contributed by atoms with Gasteiger partial charge in [-0.05, 0) is 49.4 Å². The fourth-order valence-electron chi connectivity index (χ4n) is 2.21. The summed E-state index contributed by atoms with van der Waals surface area (Å²) in [7, 11) is 3.13. The topological polar surface area (TPSA) is 73.9 Å². The molecule has 0 atom stereocenters. The molecule has 2 rings (SSSR count). The lowest BCUT2D eigenvalue weighted by Gasteiger charge is -2.07. The molecule has 0 unspecified atom stereocenters. The van der Waals surface area contributed by atoms with E-state index in [-0.39, 0.29) is 5.91 Å². The predicted molar refractivity (Wildman–Crippen MR) is 99.6 cm³/mol. The highest BCUT2D eigenvalue weighted by molar-refractivity contribution is 6.02. The summed E-state index contributed by atoms with van der Waals surface area (Å²) in [6.45, 7) is 2.06. The molecule has 136 valence electrons. The van der Waals surface area contributed by atoms with Crippen LogP contribution in [-0.2, 0) is 9.53 Å². The molecule has 0 heterocycles. The van der Waals surface area contributed by atoms with Gasteiger partial charge in [0.15, 0.2) is 0 Å². The second kappa shape index (κ2) is 9.27. The Balaban J connectivity index is 2.02. The zero-order chi connectivity index (χ0) is 18.9. The van der Waals surface area contributed by atoms with Crippen LogP contribution in [0.3, 0.4) is 0 Å². The van der Waals surface area contributed by atoms with Crippen LogP contribution >= 0.6 is 0 Å². The highest BCUT2D eigenvalue weighted by atomic mass is 16.5. The number of carbonyl (C=O) groups excluding carboxylic acids is 2. The molecule has 0 aliphatic heterocycles. The first kappa shape index (κ1) is 19.1. The Kier molecular flexibility index (Phi) is 6.79. The van der Waals surface area contributed by atoms with Crippen LogP contribution in [0.5, 0.6) is 11.5 Å². The van der Waals surface area contributed by atoms with Crippen LogP contribution in [0.4, 0.5) is 5.69 Å². The van der Waals surface area contributed by atoms with Gasteiger partial charge in [-0.3, -0.25) is 4.79 Å². The first-order valence-electron chi connectivity index (χ1n) is 8.05. The lowest BCUT2D eigenvalue weighted by atomic mass is 10.1. The van der Waals surface area contributed by atoms with E-state index in [1.807, 2.05) is 0 Å². The fourth-order valence-corrected chi connectivity index (χ4v) is 2.21. The van der Waals surface area contributed by atoms with Crippen molar-refractivity contribution < 1.29 is 23.8 Å². The lowest BCUT2D eigenvalue weighted by Crippen LogP contribution is -2.09. The minimum absolute atomic E-state index is 0.299. The lowest BCUT2D eigenvalue weighted by molar-refractivity contribution is -0.111. The standard InChI is InChI=1S/C20H21NO5/c1-4-26-20(23)15-5-9-16(10-6-15)21-19(22)12-8-14-7-11-17(24-2)13-18(14)25-3/h5-13H,4H2,1-3H3,(H,21,22)/b12-8+. The molecule has 0 bridgehead atoms. The molecule has 0 spiro atoms. The normalized spacial score (nSPS) is 10.4. The highest BCUT2D eigenvalue weighted by Gasteiger charge is 2.07. The van der Waals surface area contributed by atoms with E-state index in [1.165, 1.54) is 6.08 Å². The number of amides is 1. The van der Waals surface area contributed by atoms with Gasteiger partial charge in [0.05, 0.1) is 26.4 Å². The summed E-state index contributed by atoms with van der Waals surface area (Å²) in [6, 6.07) is 11.8. The van der Waals surface area contributed by atoms with Crippen molar-refractivity contribution >= 4 is 23.6 Å². The Morgan fingerprint density at radius 3 is 2.38 bits per heavy atom. The molecule has 0 aromatic heterocycles. The second-order valence-electron chi connectivity index (χ2n) is 5.23. The van der Waals surface area contributed by atoms with Gasteiger partial charge in [-0.1, -0.05) is 0 Å². The third kappa shape index (κ3) is 5.11. The van der Waals surface area contributed by atoms with Gasteiger partial charge < -0.3 is 19.5 Å². The Labute approximate surface area is 152 Å². The van der Waals surface area contributed by atoms with E-state index in [1.54, 1.807) is 69.7 Å². The average molecular weight is 355 g/mol. The van der Waals surface area contributed by atoms with E-state index in [0.717, 1.165) is 5.56 Å². The summed E-state index contributed by atoms with van der Waals surface area (Å²) < 4.78 is 15.3. The summed E-state index contributed by atoms with van der Waals surface area (Å²) in [5.74, 6) is 0.584. The zero-order valence-corrected chi connectivity index (χ0v) is 14.9. The summed E-state index contributed by atoms with van der Waals surface area (Å²) in [4.78, 5) is 23.7. The molecule has 2 aromatic carbocycles. The second-order valence-corrected chi connectivity index (χ2v) is 5.23. The van der Waals surface area contributed by atoms with Crippen molar-refractivity contribution in [2.24, 2.45) is 0 Å². The van der Waals surface area contributed by atoms with Crippen molar-refractivity contribution in [2.75, 3.05) is 26.1 Å². The van der Waals surface area contributed by atoms with Crippen LogP contribution in [0.15, 0.2) is 48.5 Å². The third-order valence-electron chi connectivity index (χ3n) is 3.52. The molecule has 0 fully saturated rings. The number of rotatable bonds is 7. The van der Waals surface area contributed by atoms with Crippen LogP contribution in [0.1, 0.15) is 22.8 Å². The number of nitrogens with one attached hydrogen (secondary N) is 1. The third-order valence-corrected chi connectivity index (χ3v) is 3.52. The quantitative estimate of drug-likeness (QED) is 0.607. The van der Waals surface area contributed by atoms with Gasteiger partial charge in [0.2, 0.25) is 5.91 Å². The maximum Gasteiger partial charge on any atom is 0.338 e. The maximum absolute atomic E-state index is 12.1. The van der Waals surface area contributed by atoms with Crippen molar-refractivity contribution in [3.8, 4) is 11.5 Å². The van der Waals surface area contributed by atoms with Crippen LogP contribution in [-0.4, -0.2) is 32.7 Å². The number of anilines is 1. The SMILES string of the molecule is CCOC(=O)c1ccc(NC(=O)/C=C/c2ccc(OC)cc2OC)cc1. The van der Waals surface area contributed by atoms with E-state index < -0.39 is 5.97 Å². The minimum atomic E-state index is -0.392. The number of ether oxygens (including phenoxy) is 3. The molecule has 1 N–H and O–H groups in total. The van der Waals surface area contributed by atoms with Crippen molar-refractivity contribution in [3.63, 3.8) is 0 Å². The average Bonchev–Trinajstić information content (AvgIpc) is 2.67. The smallest absolute Gasteiger partial charge is 0.338 e. The summed E-state index contributed by atoms with van der Waals surface area (Å²) >= 11 is 0. The van der Waals surface area contributed by atoms with Gasteiger partial charge in [0.1, 0.15) is 11.5 Å². The number of benzene rings is 2. The van der Waals surface area contributed by atoms with Gasteiger partial charge in [-0.25, -0.2) is 4.79 Å². The molecule has 0 radical (unpaired) electrons. The molecule has 26 heavy (non-hydrogen) atoms. The molecular weight excluding hydrogens is 334 g/mol. The molecular formula is C20H21NO5. The molecule has 0 saturated heterocycles. The molecule has 1 amide bonds. The van der Waals surface area contributed by atoms with E-state index in [4.69, 9.17) is 14.2 Å². The van der Waals surface area contributed by atoms with Crippen LogP contribution in [0.25, 0.3) is 6.08 Å². The van der Waals surface area contributed by atoms with Gasteiger partial charge in [0.25, 0.3) is 0 Å². The van der Waals surface area contributed by atoms with Crippen molar-refractivity contribution in [2.45, 2.75) is 6.92 Å². The molecule has 2 aromatic rings.